The van der Waals surface area contributed by atoms with Crippen molar-refractivity contribution in [3.8, 4) is 0 Å². The van der Waals surface area contributed by atoms with Gasteiger partial charge in [-0.05, 0) is 48.1 Å². The summed E-state index contributed by atoms with van der Waals surface area (Å²) < 4.78 is 1.04. The minimum atomic E-state index is 0.208. The summed E-state index contributed by atoms with van der Waals surface area (Å²) in [4.78, 5) is 4.02. The highest BCUT2D eigenvalue weighted by Crippen LogP contribution is 2.39. The SMILES string of the molecule is CC1c2ccsc2CCN1C(CN)c1ccc(Cl)cc1Br. The first-order valence-electron chi connectivity index (χ1n) is 7.09. The molecule has 3 rings (SSSR count). The fourth-order valence-corrected chi connectivity index (χ4v) is 5.08. The van der Waals surface area contributed by atoms with E-state index in [0.717, 1.165) is 22.5 Å². The first kappa shape index (κ1) is 15.5. The summed E-state index contributed by atoms with van der Waals surface area (Å²) in [6.45, 7) is 3.92. The van der Waals surface area contributed by atoms with Crippen molar-refractivity contribution in [1.82, 2.24) is 4.90 Å². The van der Waals surface area contributed by atoms with Crippen molar-refractivity contribution in [3.05, 3.63) is 55.1 Å². The maximum atomic E-state index is 6.11. The molecule has 2 nitrogen and oxygen atoms in total. The van der Waals surface area contributed by atoms with Gasteiger partial charge in [-0.15, -0.1) is 11.3 Å². The maximum absolute atomic E-state index is 6.11. The van der Waals surface area contributed by atoms with E-state index in [0.29, 0.717) is 12.6 Å². The minimum Gasteiger partial charge on any atom is -0.329 e. The van der Waals surface area contributed by atoms with E-state index in [2.05, 4.69) is 45.3 Å². The quantitative estimate of drug-likeness (QED) is 0.823. The van der Waals surface area contributed by atoms with Crippen LogP contribution in [0.3, 0.4) is 0 Å². The Hall–Kier alpha value is -0.390. The highest BCUT2D eigenvalue weighted by molar-refractivity contribution is 9.10. The van der Waals surface area contributed by atoms with Gasteiger partial charge in [-0.1, -0.05) is 33.6 Å². The average Bonchev–Trinajstić information content (AvgIpc) is 2.93. The molecular weight excluding hydrogens is 368 g/mol. The first-order chi connectivity index (χ1) is 10.1. The number of rotatable bonds is 3. The number of hydrogen-bond donors (Lipinski definition) is 1. The fraction of sp³-hybridized carbons (Fsp3) is 0.375. The summed E-state index contributed by atoms with van der Waals surface area (Å²) in [5.74, 6) is 0. The molecule has 1 aromatic heterocycles. The molecule has 0 amide bonds. The van der Waals surface area contributed by atoms with Crippen LogP contribution in [0.5, 0.6) is 0 Å². The van der Waals surface area contributed by atoms with Crippen LogP contribution in [0.25, 0.3) is 0 Å². The van der Waals surface area contributed by atoms with Crippen molar-refractivity contribution in [3.63, 3.8) is 0 Å². The molecule has 2 unspecified atom stereocenters. The maximum Gasteiger partial charge on any atom is 0.0487 e. The zero-order chi connectivity index (χ0) is 15.0. The number of halogens is 2. The molecule has 0 saturated carbocycles. The van der Waals surface area contributed by atoms with Crippen LogP contribution in [0.2, 0.25) is 5.02 Å². The van der Waals surface area contributed by atoms with E-state index in [1.165, 1.54) is 16.0 Å². The van der Waals surface area contributed by atoms with Gasteiger partial charge in [0.05, 0.1) is 0 Å². The van der Waals surface area contributed by atoms with Crippen LogP contribution in [0.1, 0.15) is 35.0 Å². The van der Waals surface area contributed by atoms with Crippen LogP contribution in [0, 0.1) is 0 Å². The summed E-state index contributed by atoms with van der Waals surface area (Å²) in [5.41, 5.74) is 8.78. The lowest BCUT2D eigenvalue weighted by Crippen LogP contribution is -2.39. The predicted molar refractivity (Wildman–Crippen MR) is 94.1 cm³/mol. The third-order valence-electron chi connectivity index (χ3n) is 4.27. The predicted octanol–water partition coefficient (Wildman–Crippen LogP) is 4.78. The summed E-state index contributed by atoms with van der Waals surface area (Å²) >= 11 is 11.6. The molecule has 2 heterocycles. The summed E-state index contributed by atoms with van der Waals surface area (Å²) in [7, 11) is 0. The summed E-state index contributed by atoms with van der Waals surface area (Å²) in [6, 6.07) is 8.83. The van der Waals surface area contributed by atoms with Crippen molar-refractivity contribution < 1.29 is 0 Å². The van der Waals surface area contributed by atoms with Gasteiger partial charge >= 0.3 is 0 Å². The van der Waals surface area contributed by atoms with Gasteiger partial charge < -0.3 is 5.73 Å². The highest BCUT2D eigenvalue weighted by Gasteiger charge is 2.31. The lowest BCUT2D eigenvalue weighted by molar-refractivity contribution is 0.138. The van der Waals surface area contributed by atoms with E-state index in [-0.39, 0.29) is 6.04 Å². The van der Waals surface area contributed by atoms with E-state index < -0.39 is 0 Å². The second-order valence-electron chi connectivity index (χ2n) is 5.38. The molecule has 0 saturated heterocycles. The smallest absolute Gasteiger partial charge is 0.0487 e. The van der Waals surface area contributed by atoms with Crippen LogP contribution < -0.4 is 5.73 Å². The zero-order valence-electron chi connectivity index (χ0n) is 11.9. The number of nitrogens with two attached hydrogens (primary N) is 1. The lowest BCUT2D eigenvalue weighted by atomic mass is 9.96. The van der Waals surface area contributed by atoms with Crippen LogP contribution in [-0.2, 0) is 6.42 Å². The second kappa shape index (κ2) is 6.39. The fourth-order valence-electron chi connectivity index (χ4n) is 3.17. The molecule has 112 valence electrons. The molecule has 1 aromatic carbocycles. The van der Waals surface area contributed by atoms with Gasteiger partial charge in [-0.3, -0.25) is 4.90 Å². The third kappa shape index (κ3) is 2.92. The van der Waals surface area contributed by atoms with E-state index in [4.69, 9.17) is 17.3 Å². The van der Waals surface area contributed by atoms with Crippen molar-refractivity contribution in [2.24, 2.45) is 5.73 Å². The number of nitrogens with zero attached hydrogens (tertiary/aromatic N) is 1. The van der Waals surface area contributed by atoms with Gasteiger partial charge in [0.25, 0.3) is 0 Å². The molecule has 0 bridgehead atoms. The molecule has 2 N–H and O–H groups in total. The van der Waals surface area contributed by atoms with E-state index in [9.17, 15) is 0 Å². The Morgan fingerprint density at radius 2 is 2.29 bits per heavy atom. The van der Waals surface area contributed by atoms with Crippen LogP contribution in [0.15, 0.2) is 34.1 Å². The van der Waals surface area contributed by atoms with Crippen molar-refractivity contribution >= 4 is 38.9 Å². The Balaban J connectivity index is 1.94. The minimum absolute atomic E-state index is 0.208. The molecule has 2 atom stereocenters. The molecular formula is C16H18BrClN2S. The van der Waals surface area contributed by atoms with Gasteiger partial charge in [0.15, 0.2) is 0 Å². The first-order valence-corrected chi connectivity index (χ1v) is 9.14. The van der Waals surface area contributed by atoms with Gasteiger partial charge in [0.2, 0.25) is 0 Å². The van der Waals surface area contributed by atoms with Crippen molar-refractivity contribution in [2.75, 3.05) is 13.1 Å². The van der Waals surface area contributed by atoms with Crippen molar-refractivity contribution in [2.45, 2.75) is 25.4 Å². The van der Waals surface area contributed by atoms with Crippen LogP contribution in [-0.4, -0.2) is 18.0 Å². The van der Waals surface area contributed by atoms with Gasteiger partial charge in [0.1, 0.15) is 0 Å². The molecule has 0 fully saturated rings. The number of fused-ring (bicyclic) bond motifs is 1. The third-order valence-corrected chi connectivity index (χ3v) is 6.19. The van der Waals surface area contributed by atoms with E-state index >= 15 is 0 Å². The summed E-state index contributed by atoms with van der Waals surface area (Å²) in [6.07, 6.45) is 1.11. The van der Waals surface area contributed by atoms with E-state index in [1.807, 2.05) is 23.5 Å². The standard InChI is InChI=1S/C16H18BrClN2S/c1-10-12-5-7-21-16(12)4-6-20(10)15(9-19)13-3-2-11(18)8-14(13)17/h2-3,5,7-8,10,15H,4,6,9,19H2,1H3. The molecule has 0 radical (unpaired) electrons. The van der Waals surface area contributed by atoms with Crippen LogP contribution >= 0.6 is 38.9 Å². The monoisotopic (exact) mass is 384 g/mol. The topological polar surface area (TPSA) is 29.3 Å². The molecule has 2 aromatic rings. The van der Waals surface area contributed by atoms with Gasteiger partial charge in [-0.25, -0.2) is 0 Å². The zero-order valence-corrected chi connectivity index (χ0v) is 15.0. The number of thiophene rings is 1. The normalized spacial score (nSPS) is 20.3. The Labute approximate surface area is 143 Å². The van der Waals surface area contributed by atoms with E-state index in [1.54, 1.807) is 0 Å². The Morgan fingerprint density at radius 3 is 3.00 bits per heavy atom. The number of hydrogen-bond acceptors (Lipinski definition) is 3. The molecule has 1 aliphatic rings. The number of benzene rings is 1. The molecule has 0 aliphatic carbocycles. The lowest BCUT2D eigenvalue weighted by Gasteiger charge is -2.39. The highest BCUT2D eigenvalue weighted by atomic mass is 79.9. The molecule has 0 spiro atoms. The Morgan fingerprint density at radius 1 is 1.48 bits per heavy atom. The average molecular weight is 386 g/mol. The second-order valence-corrected chi connectivity index (χ2v) is 7.67. The van der Waals surface area contributed by atoms with Crippen LogP contribution in [0.4, 0.5) is 0 Å². The van der Waals surface area contributed by atoms with Crippen molar-refractivity contribution in [1.29, 1.82) is 0 Å². The molecule has 5 heteroatoms. The Bertz CT molecular complexity index is 643. The van der Waals surface area contributed by atoms with Gasteiger partial charge in [-0.2, -0.15) is 0 Å². The van der Waals surface area contributed by atoms with Gasteiger partial charge in [0, 0.05) is 39.5 Å². The largest absolute Gasteiger partial charge is 0.329 e. The Kier molecular flexibility index (Phi) is 4.71. The molecule has 1 aliphatic heterocycles. The molecule has 21 heavy (non-hydrogen) atoms. The summed E-state index contributed by atoms with van der Waals surface area (Å²) in [5, 5.41) is 2.94.